The lowest BCUT2D eigenvalue weighted by molar-refractivity contribution is -0.134. The van der Waals surface area contributed by atoms with Crippen molar-refractivity contribution >= 4 is 34.9 Å². The van der Waals surface area contributed by atoms with Crippen LogP contribution in [0.1, 0.15) is 41.5 Å². The highest BCUT2D eigenvalue weighted by molar-refractivity contribution is 6.42. The highest BCUT2D eigenvalue weighted by atomic mass is 35.5. The van der Waals surface area contributed by atoms with Gasteiger partial charge in [0.25, 0.3) is 0 Å². The van der Waals surface area contributed by atoms with Gasteiger partial charge in [0.05, 0.1) is 10.0 Å². The molecule has 0 aliphatic heterocycles. The SMILES string of the molecule is CN[C@H]1CC[C@@H](c2ccc(Cl)c(Cl)c2)c2ccc(NCC(=O)O)cc21. The molecule has 0 unspecified atom stereocenters. The van der Waals surface area contributed by atoms with Gasteiger partial charge in [-0.05, 0) is 60.8 Å². The van der Waals surface area contributed by atoms with Gasteiger partial charge in [0, 0.05) is 17.6 Å². The highest BCUT2D eigenvalue weighted by Crippen LogP contribution is 2.43. The van der Waals surface area contributed by atoms with Crippen LogP contribution >= 0.6 is 23.2 Å². The van der Waals surface area contributed by atoms with Crippen molar-refractivity contribution in [3.8, 4) is 0 Å². The molecule has 4 nitrogen and oxygen atoms in total. The molecule has 3 N–H and O–H groups in total. The monoisotopic (exact) mass is 378 g/mol. The summed E-state index contributed by atoms with van der Waals surface area (Å²) in [7, 11) is 1.95. The van der Waals surface area contributed by atoms with Gasteiger partial charge in [-0.3, -0.25) is 4.79 Å². The summed E-state index contributed by atoms with van der Waals surface area (Å²) in [6.07, 6.45) is 2.01. The third-order valence-electron chi connectivity index (χ3n) is 4.72. The lowest BCUT2D eigenvalue weighted by Crippen LogP contribution is -2.24. The van der Waals surface area contributed by atoms with Crippen LogP contribution in [0.4, 0.5) is 5.69 Å². The maximum absolute atomic E-state index is 10.8. The summed E-state index contributed by atoms with van der Waals surface area (Å²) >= 11 is 12.3. The molecule has 25 heavy (non-hydrogen) atoms. The summed E-state index contributed by atoms with van der Waals surface area (Å²) in [5, 5.41) is 16.3. The molecule has 3 rings (SSSR count). The first-order valence-electron chi connectivity index (χ1n) is 8.21. The number of carboxylic acid groups (broad SMARTS) is 1. The normalized spacial score (nSPS) is 19.3. The minimum absolute atomic E-state index is 0.0980. The van der Waals surface area contributed by atoms with Crippen molar-refractivity contribution in [2.75, 3.05) is 18.9 Å². The maximum Gasteiger partial charge on any atom is 0.322 e. The number of nitrogens with one attached hydrogen (secondary N) is 2. The van der Waals surface area contributed by atoms with Crippen LogP contribution in [0.15, 0.2) is 36.4 Å². The number of anilines is 1. The van der Waals surface area contributed by atoms with Gasteiger partial charge in [0.2, 0.25) is 0 Å². The van der Waals surface area contributed by atoms with Crippen LogP contribution in [0.5, 0.6) is 0 Å². The molecule has 0 amide bonds. The van der Waals surface area contributed by atoms with Gasteiger partial charge in [0.1, 0.15) is 6.54 Å². The van der Waals surface area contributed by atoms with Gasteiger partial charge in [-0.15, -0.1) is 0 Å². The zero-order valence-electron chi connectivity index (χ0n) is 13.9. The Hall–Kier alpha value is -1.75. The Balaban J connectivity index is 1.97. The molecule has 0 bridgehead atoms. The van der Waals surface area contributed by atoms with E-state index >= 15 is 0 Å². The number of aliphatic carboxylic acids is 1. The van der Waals surface area contributed by atoms with Crippen LogP contribution in [-0.2, 0) is 4.79 Å². The molecule has 132 valence electrons. The van der Waals surface area contributed by atoms with Crippen LogP contribution < -0.4 is 10.6 Å². The zero-order valence-corrected chi connectivity index (χ0v) is 15.4. The van der Waals surface area contributed by atoms with Crippen molar-refractivity contribution in [3.05, 3.63) is 63.1 Å². The summed E-state index contributed by atoms with van der Waals surface area (Å²) in [6.45, 7) is -0.0980. The Kier molecular flexibility index (Phi) is 5.52. The Labute approximate surface area is 157 Å². The average molecular weight is 379 g/mol. The second-order valence-corrected chi connectivity index (χ2v) is 7.05. The fraction of sp³-hybridized carbons (Fsp3) is 0.316. The lowest BCUT2D eigenvalue weighted by atomic mass is 9.76. The summed E-state index contributed by atoms with van der Waals surface area (Å²) < 4.78 is 0. The first-order valence-corrected chi connectivity index (χ1v) is 8.97. The average Bonchev–Trinajstić information content (AvgIpc) is 2.61. The van der Waals surface area contributed by atoms with Gasteiger partial charge in [-0.25, -0.2) is 0 Å². The topological polar surface area (TPSA) is 61.4 Å². The standard InChI is InChI=1S/C19H20Cl2N2O2/c1-22-18-7-5-13(11-2-6-16(20)17(21)8-11)14-4-3-12(9-15(14)18)23-10-19(24)25/h2-4,6,8-9,13,18,22-23H,5,7,10H2,1H3,(H,24,25)/t13-,18-/m0/s1. The molecular weight excluding hydrogens is 359 g/mol. The molecule has 0 radical (unpaired) electrons. The Morgan fingerprint density at radius 1 is 1.12 bits per heavy atom. The first kappa shape index (κ1) is 18.1. The molecule has 2 aromatic rings. The number of hydrogen-bond donors (Lipinski definition) is 3. The van der Waals surface area contributed by atoms with Gasteiger partial charge < -0.3 is 15.7 Å². The van der Waals surface area contributed by atoms with E-state index in [2.05, 4.69) is 16.7 Å². The molecule has 0 aromatic heterocycles. The predicted octanol–water partition coefficient (Wildman–Crippen LogP) is 4.68. The highest BCUT2D eigenvalue weighted by Gasteiger charge is 2.28. The lowest BCUT2D eigenvalue weighted by Gasteiger charge is -2.32. The van der Waals surface area contributed by atoms with Gasteiger partial charge in [-0.2, -0.15) is 0 Å². The van der Waals surface area contributed by atoms with Crippen molar-refractivity contribution in [2.24, 2.45) is 0 Å². The minimum Gasteiger partial charge on any atom is -0.480 e. The number of hydrogen-bond acceptors (Lipinski definition) is 3. The molecule has 0 saturated heterocycles. The van der Waals surface area contributed by atoms with E-state index in [0.29, 0.717) is 10.0 Å². The third kappa shape index (κ3) is 3.92. The number of rotatable bonds is 5. The van der Waals surface area contributed by atoms with Crippen LogP contribution in [0.3, 0.4) is 0 Å². The van der Waals surface area contributed by atoms with Gasteiger partial charge in [0.15, 0.2) is 0 Å². The summed E-state index contributed by atoms with van der Waals surface area (Å²) in [4.78, 5) is 10.8. The van der Waals surface area contributed by atoms with Crippen LogP contribution in [0.25, 0.3) is 0 Å². The number of carboxylic acids is 1. The van der Waals surface area contributed by atoms with Gasteiger partial charge in [-0.1, -0.05) is 35.3 Å². The van der Waals surface area contributed by atoms with Crippen molar-refractivity contribution < 1.29 is 9.90 Å². The van der Waals surface area contributed by atoms with E-state index in [0.717, 1.165) is 24.1 Å². The molecule has 0 spiro atoms. The van der Waals surface area contributed by atoms with Crippen molar-refractivity contribution in [3.63, 3.8) is 0 Å². The molecule has 1 aliphatic rings. The fourth-order valence-electron chi connectivity index (χ4n) is 3.50. The number of halogens is 2. The van der Waals surface area contributed by atoms with E-state index in [4.69, 9.17) is 28.3 Å². The van der Waals surface area contributed by atoms with Gasteiger partial charge >= 0.3 is 5.97 Å². The molecule has 2 atom stereocenters. The number of fused-ring (bicyclic) bond motifs is 1. The first-order chi connectivity index (χ1) is 12.0. The van der Waals surface area contributed by atoms with Crippen molar-refractivity contribution in [1.29, 1.82) is 0 Å². The maximum atomic E-state index is 10.8. The Bertz CT molecular complexity index is 795. The third-order valence-corrected chi connectivity index (χ3v) is 5.46. The molecule has 1 aliphatic carbocycles. The van der Waals surface area contributed by atoms with E-state index in [1.807, 2.05) is 37.4 Å². The molecule has 6 heteroatoms. The minimum atomic E-state index is -0.878. The predicted molar refractivity (Wildman–Crippen MR) is 102 cm³/mol. The van der Waals surface area contributed by atoms with Crippen molar-refractivity contribution in [2.45, 2.75) is 24.8 Å². The molecule has 0 heterocycles. The van der Waals surface area contributed by atoms with Crippen molar-refractivity contribution in [1.82, 2.24) is 5.32 Å². The van der Waals surface area contributed by atoms with E-state index in [1.54, 1.807) is 0 Å². The quantitative estimate of drug-likeness (QED) is 0.706. The Morgan fingerprint density at radius 3 is 2.60 bits per heavy atom. The number of carbonyl (C=O) groups is 1. The molecule has 2 aromatic carbocycles. The summed E-state index contributed by atoms with van der Waals surface area (Å²) in [5.74, 6) is -0.625. The van der Waals surface area contributed by atoms with Crippen LogP contribution in [-0.4, -0.2) is 24.7 Å². The van der Waals surface area contributed by atoms with E-state index < -0.39 is 5.97 Å². The molecule has 0 saturated carbocycles. The Morgan fingerprint density at radius 2 is 1.92 bits per heavy atom. The van der Waals surface area contributed by atoms with E-state index in [9.17, 15) is 4.79 Å². The second kappa shape index (κ2) is 7.65. The number of benzene rings is 2. The van der Waals surface area contributed by atoms with E-state index in [1.165, 1.54) is 11.1 Å². The smallest absolute Gasteiger partial charge is 0.322 e. The summed E-state index contributed by atoms with van der Waals surface area (Å²) in [6, 6.07) is 12.1. The zero-order chi connectivity index (χ0) is 18.0. The molecular formula is C19H20Cl2N2O2. The second-order valence-electron chi connectivity index (χ2n) is 6.24. The van der Waals surface area contributed by atoms with Crippen LogP contribution in [0, 0.1) is 0 Å². The summed E-state index contributed by atoms with van der Waals surface area (Å²) in [5.41, 5.74) is 4.40. The van der Waals surface area contributed by atoms with E-state index in [-0.39, 0.29) is 18.5 Å². The largest absolute Gasteiger partial charge is 0.480 e. The fourth-order valence-corrected chi connectivity index (χ4v) is 3.81. The van der Waals surface area contributed by atoms with Crippen LogP contribution in [0.2, 0.25) is 10.0 Å². The molecule has 0 fully saturated rings.